The summed E-state index contributed by atoms with van der Waals surface area (Å²) in [6.45, 7) is 1.21. The average molecular weight is 370 g/mol. The van der Waals surface area contributed by atoms with E-state index in [9.17, 15) is 9.59 Å². The van der Waals surface area contributed by atoms with E-state index in [1.165, 1.54) is 25.3 Å². The molecule has 0 bridgehead atoms. The number of nitrogens with one attached hydrogen (secondary N) is 1. The van der Waals surface area contributed by atoms with Crippen LogP contribution in [0.15, 0.2) is 46.5 Å². The first kappa shape index (κ1) is 17.0. The Hall–Kier alpha value is -3.43. The molecule has 0 aliphatic carbocycles. The number of piperidine rings is 1. The molecule has 1 N–H and O–H groups in total. The summed E-state index contributed by atoms with van der Waals surface area (Å²) in [7, 11) is 0. The molecule has 4 rings (SSSR count). The number of hydrogen-bond donors (Lipinski definition) is 1. The van der Waals surface area contributed by atoms with Gasteiger partial charge in [0, 0.05) is 12.7 Å². The molecule has 1 fully saturated rings. The van der Waals surface area contributed by atoms with Gasteiger partial charge in [0.05, 0.1) is 24.5 Å². The van der Waals surface area contributed by atoms with Gasteiger partial charge in [-0.05, 0) is 19.3 Å². The normalized spacial score (nSPS) is 17.0. The highest BCUT2D eigenvalue weighted by atomic mass is 16.3. The minimum atomic E-state index is -0.371. The molecule has 0 aromatic carbocycles. The maximum atomic E-state index is 12.6. The summed E-state index contributed by atoms with van der Waals surface area (Å²) < 4.78 is 11.4. The fourth-order valence-corrected chi connectivity index (χ4v) is 3.19. The monoisotopic (exact) mass is 370 g/mol. The van der Waals surface area contributed by atoms with Gasteiger partial charge in [-0.1, -0.05) is 0 Å². The smallest absolute Gasteiger partial charge is 0.277 e. The molecule has 3 aromatic rings. The van der Waals surface area contributed by atoms with Crippen LogP contribution in [0.5, 0.6) is 0 Å². The molecule has 0 radical (unpaired) electrons. The zero-order valence-corrected chi connectivity index (χ0v) is 14.4. The molecule has 0 spiro atoms. The van der Waals surface area contributed by atoms with Crippen LogP contribution in [0, 0.1) is 0 Å². The van der Waals surface area contributed by atoms with Crippen molar-refractivity contribution in [2.75, 3.05) is 11.9 Å². The molecule has 10 heteroatoms. The Bertz CT molecular complexity index is 902. The molecule has 0 unspecified atom stereocenters. The number of carbonyl (C=O) groups excluding carboxylic acids is 2. The summed E-state index contributed by atoms with van der Waals surface area (Å²) >= 11 is 0. The lowest BCUT2D eigenvalue weighted by molar-refractivity contribution is 0.0577. The van der Waals surface area contributed by atoms with E-state index in [2.05, 4.69) is 20.4 Å². The van der Waals surface area contributed by atoms with Crippen molar-refractivity contribution in [2.45, 2.75) is 31.8 Å². The third-order valence-corrected chi connectivity index (χ3v) is 4.49. The summed E-state index contributed by atoms with van der Waals surface area (Å²) in [6.07, 6.45) is 11.3. The van der Waals surface area contributed by atoms with E-state index in [4.69, 9.17) is 8.83 Å². The van der Waals surface area contributed by atoms with E-state index in [-0.39, 0.29) is 23.6 Å². The highest BCUT2D eigenvalue weighted by Gasteiger charge is 2.29. The molecule has 1 aliphatic rings. The molecule has 140 valence electrons. The average Bonchev–Trinajstić information content (AvgIpc) is 3.44. The van der Waals surface area contributed by atoms with E-state index in [1.807, 2.05) is 4.90 Å². The van der Waals surface area contributed by atoms with Crippen LogP contribution in [0.1, 0.15) is 40.2 Å². The predicted molar refractivity (Wildman–Crippen MR) is 91.9 cm³/mol. The highest BCUT2D eigenvalue weighted by molar-refractivity contribution is 6.02. The van der Waals surface area contributed by atoms with Crippen molar-refractivity contribution < 1.29 is 18.4 Å². The van der Waals surface area contributed by atoms with Crippen LogP contribution < -0.4 is 5.32 Å². The lowest BCUT2D eigenvalue weighted by Crippen LogP contribution is -2.46. The minimum Gasteiger partial charge on any atom is -0.451 e. The first-order chi connectivity index (χ1) is 13.2. The number of likely N-dealkylation sites (tertiary alicyclic amines) is 1. The number of amides is 2. The number of nitrogens with zero attached hydrogens (tertiary/aromatic N) is 5. The molecule has 0 saturated carbocycles. The van der Waals surface area contributed by atoms with E-state index < -0.39 is 0 Å². The van der Waals surface area contributed by atoms with Crippen LogP contribution in [0.25, 0.3) is 0 Å². The maximum Gasteiger partial charge on any atom is 0.277 e. The Kier molecular flexibility index (Phi) is 4.69. The van der Waals surface area contributed by atoms with Crippen molar-refractivity contribution in [2.24, 2.45) is 0 Å². The summed E-state index contributed by atoms with van der Waals surface area (Å²) in [4.78, 5) is 34.2. The Morgan fingerprint density at radius 1 is 1.15 bits per heavy atom. The summed E-state index contributed by atoms with van der Waals surface area (Å²) in [5.41, 5.74) is 1.05. The van der Waals surface area contributed by atoms with Gasteiger partial charge >= 0.3 is 0 Å². The summed E-state index contributed by atoms with van der Waals surface area (Å²) in [5.74, 6) is -0.510. The SMILES string of the molecule is O=C(Nc1cnn(C[C@@H]2CCCCN2C(=O)c2cocn2)c1)c1cocn1. The van der Waals surface area contributed by atoms with E-state index in [0.717, 1.165) is 19.3 Å². The molecular formula is C17H18N6O4. The lowest BCUT2D eigenvalue weighted by atomic mass is 10.0. The van der Waals surface area contributed by atoms with Gasteiger partial charge in [-0.25, -0.2) is 9.97 Å². The van der Waals surface area contributed by atoms with Gasteiger partial charge in [0.2, 0.25) is 0 Å². The predicted octanol–water partition coefficient (Wildman–Crippen LogP) is 1.81. The van der Waals surface area contributed by atoms with Gasteiger partial charge in [0.15, 0.2) is 24.2 Å². The molecular weight excluding hydrogens is 352 g/mol. The van der Waals surface area contributed by atoms with E-state index >= 15 is 0 Å². The Morgan fingerprint density at radius 2 is 1.93 bits per heavy atom. The molecule has 1 atom stereocenters. The van der Waals surface area contributed by atoms with Crippen LogP contribution >= 0.6 is 0 Å². The van der Waals surface area contributed by atoms with Gasteiger partial charge in [0.25, 0.3) is 11.8 Å². The van der Waals surface area contributed by atoms with Gasteiger partial charge < -0.3 is 19.1 Å². The summed E-state index contributed by atoms with van der Waals surface area (Å²) in [5, 5.41) is 7.00. The molecule has 3 aromatic heterocycles. The third kappa shape index (κ3) is 3.73. The largest absolute Gasteiger partial charge is 0.451 e. The van der Waals surface area contributed by atoms with Gasteiger partial charge in [0.1, 0.15) is 12.5 Å². The van der Waals surface area contributed by atoms with Crippen molar-refractivity contribution in [1.82, 2.24) is 24.6 Å². The zero-order chi connectivity index (χ0) is 18.6. The van der Waals surface area contributed by atoms with Crippen LogP contribution in [0.3, 0.4) is 0 Å². The third-order valence-electron chi connectivity index (χ3n) is 4.49. The Balaban J connectivity index is 1.42. The number of aromatic nitrogens is 4. The van der Waals surface area contributed by atoms with Gasteiger partial charge in [-0.2, -0.15) is 5.10 Å². The number of rotatable bonds is 5. The van der Waals surface area contributed by atoms with Crippen LogP contribution in [-0.4, -0.2) is 49.0 Å². The number of oxazole rings is 2. The zero-order valence-electron chi connectivity index (χ0n) is 14.4. The quantitative estimate of drug-likeness (QED) is 0.727. The molecule has 1 aliphatic heterocycles. The second-order valence-electron chi connectivity index (χ2n) is 6.30. The first-order valence-electron chi connectivity index (χ1n) is 8.62. The summed E-state index contributed by atoms with van der Waals surface area (Å²) in [6, 6.07) is 0.00180. The second kappa shape index (κ2) is 7.44. The molecule has 4 heterocycles. The van der Waals surface area contributed by atoms with Crippen molar-refractivity contribution >= 4 is 17.5 Å². The van der Waals surface area contributed by atoms with Crippen molar-refractivity contribution in [3.8, 4) is 0 Å². The highest BCUT2D eigenvalue weighted by Crippen LogP contribution is 2.21. The van der Waals surface area contributed by atoms with E-state index in [0.29, 0.717) is 24.5 Å². The lowest BCUT2D eigenvalue weighted by Gasteiger charge is -2.35. The van der Waals surface area contributed by atoms with Crippen molar-refractivity contribution in [1.29, 1.82) is 0 Å². The molecule has 10 nitrogen and oxygen atoms in total. The van der Waals surface area contributed by atoms with Gasteiger partial charge in [-0.3, -0.25) is 14.3 Å². The van der Waals surface area contributed by atoms with Crippen LogP contribution in [0.2, 0.25) is 0 Å². The van der Waals surface area contributed by atoms with Crippen LogP contribution in [-0.2, 0) is 6.54 Å². The number of anilines is 1. The van der Waals surface area contributed by atoms with E-state index in [1.54, 1.807) is 17.1 Å². The Labute approximate surface area is 154 Å². The number of hydrogen-bond acceptors (Lipinski definition) is 7. The van der Waals surface area contributed by atoms with Crippen LogP contribution in [0.4, 0.5) is 5.69 Å². The minimum absolute atomic E-state index is 0.00180. The fourth-order valence-electron chi connectivity index (χ4n) is 3.19. The number of carbonyl (C=O) groups is 2. The van der Waals surface area contributed by atoms with Crippen molar-refractivity contribution in [3.63, 3.8) is 0 Å². The molecule has 1 saturated heterocycles. The second-order valence-corrected chi connectivity index (χ2v) is 6.30. The first-order valence-corrected chi connectivity index (χ1v) is 8.62. The van der Waals surface area contributed by atoms with Gasteiger partial charge in [-0.15, -0.1) is 0 Å². The van der Waals surface area contributed by atoms with Crippen molar-refractivity contribution in [3.05, 3.63) is 49.1 Å². The topological polar surface area (TPSA) is 119 Å². The maximum absolute atomic E-state index is 12.6. The molecule has 27 heavy (non-hydrogen) atoms. The fraction of sp³-hybridized carbons (Fsp3) is 0.353. The Morgan fingerprint density at radius 3 is 2.67 bits per heavy atom. The molecule has 2 amide bonds. The standard InChI is InChI=1S/C17H18N6O4/c24-16(14-8-26-10-18-14)21-12-5-20-22(6-12)7-13-3-1-2-4-23(13)17(25)15-9-27-11-19-15/h5-6,8-11,13H,1-4,7H2,(H,21,24)/t13-/m0/s1.